The van der Waals surface area contributed by atoms with Gasteiger partial charge in [0.25, 0.3) is 5.91 Å². The molecule has 0 radical (unpaired) electrons. The van der Waals surface area contributed by atoms with Gasteiger partial charge in [0.05, 0.1) is 11.4 Å². The fraction of sp³-hybridized carbons (Fsp3) is 0.259. The number of phenolic OH excluding ortho intramolecular Hbond substituents is 1. The standard InChI is InChI=1S/C27H28N4O4S/c1-14-11-18(21-7-8-22(36-21)26(34)35)24(32)20(12-14)30-31-23(15(2)28)25(33)29-17-6-5-16-9-10-27(3,4)19(16)13-17/h5-8,11-13,28,30,32H,9-10H2,1-4H3,(H,29,33)(H,34,35)/b28-15?,31-23-. The zero-order valence-corrected chi connectivity index (χ0v) is 21.3. The minimum atomic E-state index is -1.04. The number of anilines is 2. The number of rotatable bonds is 7. The summed E-state index contributed by atoms with van der Waals surface area (Å²) < 4.78 is 0. The Morgan fingerprint density at radius 3 is 2.56 bits per heavy atom. The molecule has 186 valence electrons. The van der Waals surface area contributed by atoms with Crippen LogP contribution in [0.3, 0.4) is 0 Å². The summed E-state index contributed by atoms with van der Waals surface area (Å²) in [5.41, 5.74) is 7.20. The topological polar surface area (TPSA) is 135 Å². The lowest BCUT2D eigenvalue weighted by Gasteiger charge is -2.19. The van der Waals surface area contributed by atoms with Gasteiger partial charge in [0.15, 0.2) is 5.71 Å². The van der Waals surface area contributed by atoms with E-state index >= 15 is 0 Å². The van der Waals surface area contributed by atoms with Crippen molar-refractivity contribution in [1.82, 2.24) is 0 Å². The normalized spacial score (nSPS) is 14.3. The summed E-state index contributed by atoms with van der Waals surface area (Å²) in [6.45, 7) is 7.66. The molecular weight excluding hydrogens is 476 g/mol. The number of hydrazone groups is 1. The first kappa shape index (κ1) is 25.1. The number of carbonyl (C=O) groups excluding carboxylic acids is 1. The summed E-state index contributed by atoms with van der Waals surface area (Å²) >= 11 is 1.05. The largest absolute Gasteiger partial charge is 0.505 e. The molecule has 1 amide bonds. The van der Waals surface area contributed by atoms with E-state index in [1.54, 1.807) is 18.2 Å². The lowest BCUT2D eigenvalue weighted by molar-refractivity contribution is -0.110. The summed E-state index contributed by atoms with van der Waals surface area (Å²) in [7, 11) is 0. The van der Waals surface area contributed by atoms with E-state index in [4.69, 9.17) is 5.41 Å². The van der Waals surface area contributed by atoms with Crippen molar-refractivity contribution in [3.63, 3.8) is 0 Å². The predicted octanol–water partition coefficient (Wildman–Crippen LogP) is 5.80. The Labute approximate surface area is 213 Å². The fourth-order valence-corrected chi connectivity index (χ4v) is 5.21. The minimum Gasteiger partial charge on any atom is -0.505 e. The number of carboxylic acids is 1. The maximum atomic E-state index is 13.0. The van der Waals surface area contributed by atoms with E-state index in [1.807, 2.05) is 25.1 Å². The molecule has 0 saturated carbocycles. The Balaban J connectivity index is 1.59. The first-order chi connectivity index (χ1) is 17.0. The van der Waals surface area contributed by atoms with E-state index in [0.717, 1.165) is 29.7 Å². The van der Waals surface area contributed by atoms with Crippen LogP contribution in [0.4, 0.5) is 11.4 Å². The third-order valence-corrected chi connectivity index (χ3v) is 7.42. The maximum absolute atomic E-state index is 13.0. The van der Waals surface area contributed by atoms with Gasteiger partial charge in [-0.3, -0.25) is 10.2 Å². The number of fused-ring (bicyclic) bond motifs is 1. The first-order valence-corrected chi connectivity index (χ1v) is 12.3. The van der Waals surface area contributed by atoms with Crippen molar-refractivity contribution in [1.29, 1.82) is 5.41 Å². The summed E-state index contributed by atoms with van der Waals surface area (Å²) in [4.78, 5) is 25.0. The van der Waals surface area contributed by atoms with Crippen molar-refractivity contribution < 1.29 is 19.8 Å². The number of aromatic carboxylic acids is 1. The van der Waals surface area contributed by atoms with Crippen LogP contribution in [0.15, 0.2) is 47.6 Å². The lowest BCUT2D eigenvalue weighted by Crippen LogP contribution is -2.29. The van der Waals surface area contributed by atoms with Crippen molar-refractivity contribution in [3.8, 4) is 16.2 Å². The van der Waals surface area contributed by atoms with Crippen LogP contribution in [0.5, 0.6) is 5.75 Å². The molecular formula is C27H28N4O4S. The lowest BCUT2D eigenvalue weighted by atomic mass is 9.86. The van der Waals surface area contributed by atoms with Crippen LogP contribution in [-0.4, -0.2) is 33.5 Å². The van der Waals surface area contributed by atoms with Crippen LogP contribution in [0.2, 0.25) is 0 Å². The highest BCUT2D eigenvalue weighted by molar-refractivity contribution is 7.17. The Hall–Kier alpha value is -3.98. The molecule has 3 aromatic rings. The highest BCUT2D eigenvalue weighted by Crippen LogP contribution is 2.41. The zero-order valence-electron chi connectivity index (χ0n) is 20.5. The first-order valence-electron chi connectivity index (χ1n) is 11.5. The molecule has 9 heteroatoms. The number of aryl methyl sites for hydroxylation is 2. The Kier molecular flexibility index (Phi) is 6.69. The number of aromatic hydroxyl groups is 1. The SMILES string of the molecule is CC(=N)/C(=N/Nc1cc(C)cc(-c2ccc(C(=O)O)s2)c1O)C(=O)Nc1ccc2c(c1)C(C)(C)CC2. The van der Waals surface area contributed by atoms with E-state index in [9.17, 15) is 19.8 Å². The molecule has 0 unspecified atom stereocenters. The molecule has 0 aliphatic heterocycles. The highest BCUT2D eigenvalue weighted by atomic mass is 32.1. The highest BCUT2D eigenvalue weighted by Gasteiger charge is 2.30. The van der Waals surface area contributed by atoms with E-state index in [2.05, 4.69) is 29.7 Å². The molecule has 1 aliphatic rings. The molecule has 36 heavy (non-hydrogen) atoms. The Bertz CT molecular complexity index is 1420. The van der Waals surface area contributed by atoms with Gasteiger partial charge in [0.1, 0.15) is 10.6 Å². The van der Waals surface area contributed by atoms with Gasteiger partial charge in [0, 0.05) is 16.1 Å². The second kappa shape index (κ2) is 9.58. The number of hydrogen-bond donors (Lipinski definition) is 5. The van der Waals surface area contributed by atoms with Gasteiger partial charge in [-0.15, -0.1) is 11.3 Å². The minimum absolute atomic E-state index is 0.0419. The van der Waals surface area contributed by atoms with Gasteiger partial charge < -0.3 is 20.9 Å². The van der Waals surface area contributed by atoms with Gasteiger partial charge in [-0.1, -0.05) is 19.9 Å². The number of benzene rings is 2. The van der Waals surface area contributed by atoms with Crippen molar-refractivity contribution in [3.05, 3.63) is 64.0 Å². The van der Waals surface area contributed by atoms with E-state index in [1.165, 1.54) is 24.1 Å². The zero-order chi connectivity index (χ0) is 26.2. The molecule has 1 aromatic heterocycles. The second-order valence-electron chi connectivity index (χ2n) is 9.58. The third kappa shape index (κ3) is 5.01. The van der Waals surface area contributed by atoms with Gasteiger partial charge in [-0.2, -0.15) is 5.10 Å². The molecule has 0 spiro atoms. The Morgan fingerprint density at radius 2 is 1.89 bits per heavy atom. The summed E-state index contributed by atoms with van der Waals surface area (Å²) in [6.07, 6.45) is 2.07. The molecule has 2 aromatic carbocycles. The number of carboxylic acid groups (broad SMARTS) is 1. The smallest absolute Gasteiger partial charge is 0.345 e. The van der Waals surface area contributed by atoms with Gasteiger partial charge in [-0.05, 0) is 85.2 Å². The fourth-order valence-electron chi connectivity index (χ4n) is 4.34. The summed E-state index contributed by atoms with van der Waals surface area (Å²) in [5, 5.41) is 35.1. The molecule has 4 rings (SSSR count). The average Bonchev–Trinajstić information content (AvgIpc) is 3.41. The number of carbonyl (C=O) groups is 2. The molecule has 8 nitrogen and oxygen atoms in total. The van der Waals surface area contributed by atoms with Crippen molar-refractivity contribution in [2.75, 3.05) is 10.7 Å². The third-order valence-electron chi connectivity index (χ3n) is 6.31. The van der Waals surface area contributed by atoms with Crippen LogP contribution in [-0.2, 0) is 16.6 Å². The monoisotopic (exact) mass is 504 g/mol. The quantitative estimate of drug-likeness (QED) is 0.157. The van der Waals surface area contributed by atoms with Crippen LogP contribution in [0, 0.1) is 12.3 Å². The van der Waals surface area contributed by atoms with Crippen LogP contribution in [0.25, 0.3) is 10.4 Å². The van der Waals surface area contributed by atoms with E-state index in [0.29, 0.717) is 16.1 Å². The molecule has 0 atom stereocenters. The molecule has 1 aliphatic carbocycles. The average molecular weight is 505 g/mol. The Morgan fingerprint density at radius 1 is 1.14 bits per heavy atom. The number of hydrogen-bond acceptors (Lipinski definition) is 7. The predicted molar refractivity (Wildman–Crippen MR) is 144 cm³/mol. The molecule has 0 bridgehead atoms. The molecule has 0 saturated heterocycles. The number of thiophene rings is 1. The molecule has 1 heterocycles. The number of phenols is 1. The molecule has 0 fully saturated rings. The van der Waals surface area contributed by atoms with Crippen molar-refractivity contribution in [2.24, 2.45) is 5.10 Å². The van der Waals surface area contributed by atoms with Gasteiger partial charge >= 0.3 is 5.97 Å². The second-order valence-corrected chi connectivity index (χ2v) is 10.7. The van der Waals surface area contributed by atoms with Crippen LogP contribution >= 0.6 is 11.3 Å². The number of nitrogens with one attached hydrogen (secondary N) is 3. The van der Waals surface area contributed by atoms with Gasteiger partial charge in [-0.25, -0.2) is 4.79 Å². The summed E-state index contributed by atoms with van der Waals surface area (Å²) in [5.74, 6) is -1.71. The van der Waals surface area contributed by atoms with E-state index < -0.39 is 11.9 Å². The van der Waals surface area contributed by atoms with Crippen LogP contribution in [0.1, 0.15) is 53.6 Å². The van der Waals surface area contributed by atoms with Crippen molar-refractivity contribution >= 4 is 46.0 Å². The number of amides is 1. The number of nitrogens with zero attached hydrogens (tertiary/aromatic N) is 1. The maximum Gasteiger partial charge on any atom is 0.345 e. The molecule has 5 N–H and O–H groups in total. The summed E-state index contributed by atoms with van der Waals surface area (Å²) in [6, 6.07) is 12.4. The van der Waals surface area contributed by atoms with E-state index in [-0.39, 0.29) is 33.2 Å². The van der Waals surface area contributed by atoms with Crippen molar-refractivity contribution in [2.45, 2.75) is 46.0 Å². The van der Waals surface area contributed by atoms with Crippen LogP contribution < -0.4 is 10.7 Å². The van der Waals surface area contributed by atoms with Gasteiger partial charge in [0.2, 0.25) is 0 Å².